The fourth-order valence-corrected chi connectivity index (χ4v) is 3.38. The lowest BCUT2D eigenvalue weighted by atomic mass is 9.92. The number of benzene rings is 3. The third kappa shape index (κ3) is 2.71. The third-order valence-corrected chi connectivity index (χ3v) is 4.51. The molecule has 3 aromatic carbocycles. The number of phenolic OH excluding ortho intramolecular Hbond substituents is 1. The molecule has 24 heavy (non-hydrogen) atoms. The summed E-state index contributed by atoms with van der Waals surface area (Å²) in [6, 6.07) is 20.5. The highest BCUT2D eigenvalue weighted by Crippen LogP contribution is 2.35. The number of aryl methyl sites for hydroxylation is 2. The molecule has 0 saturated heterocycles. The quantitative estimate of drug-likeness (QED) is 0.652. The van der Waals surface area contributed by atoms with Gasteiger partial charge in [-0.15, -0.1) is 0 Å². The van der Waals surface area contributed by atoms with Crippen molar-refractivity contribution in [3.63, 3.8) is 0 Å². The van der Waals surface area contributed by atoms with Crippen molar-refractivity contribution < 1.29 is 9.50 Å². The summed E-state index contributed by atoms with van der Waals surface area (Å²) in [4.78, 5) is 0. The van der Waals surface area contributed by atoms with Crippen molar-refractivity contribution >= 4 is 11.6 Å². The highest BCUT2D eigenvalue weighted by molar-refractivity contribution is 5.94. The monoisotopic (exact) mass is 316 g/mol. The Balaban J connectivity index is 1.97. The number of rotatable bonds is 1. The van der Waals surface area contributed by atoms with E-state index in [1.807, 2.05) is 30.3 Å². The molecular weight excluding hydrogens is 299 g/mol. The average Bonchev–Trinajstić information content (AvgIpc) is 2.73. The molecule has 1 nitrogen and oxygen atoms in total. The number of hydrogen-bond donors (Lipinski definition) is 1. The molecule has 1 N–H and O–H groups in total. The van der Waals surface area contributed by atoms with Crippen molar-refractivity contribution in [3.8, 4) is 5.75 Å². The summed E-state index contributed by atoms with van der Waals surface area (Å²) in [7, 11) is 0. The van der Waals surface area contributed by atoms with E-state index in [0.29, 0.717) is 0 Å². The van der Waals surface area contributed by atoms with Crippen molar-refractivity contribution in [2.75, 3.05) is 0 Å². The molecule has 0 amide bonds. The van der Waals surface area contributed by atoms with Crippen LogP contribution in [-0.4, -0.2) is 5.11 Å². The van der Waals surface area contributed by atoms with Crippen LogP contribution in [0.15, 0.2) is 66.7 Å². The molecule has 0 radical (unpaired) electrons. The molecule has 0 atom stereocenters. The highest BCUT2D eigenvalue weighted by atomic mass is 19.1. The number of fused-ring (bicyclic) bond motifs is 2. The van der Waals surface area contributed by atoms with Crippen LogP contribution in [0, 0.1) is 5.82 Å². The Kier molecular flexibility index (Phi) is 3.66. The highest BCUT2D eigenvalue weighted by Gasteiger charge is 2.18. The zero-order valence-electron chi connectivity index (χ0n) is 13.2. The zero-order valence-corrected chi connectivity index (χ0v) is 13.2. The predicted octanol–water partition coefficient (Wildman–Crippen LogP) is 5.22. The summed E-state index contributed by atoms with van der Waals surface area (Å²) in [5, 5.41) is 9.75. The summed E-state index contributed by atoms with van der Waals surface area (Å²) in [5.74, 6) is 0.0435. The maximum Gasteiger partial charge on any atom is 0.123 e. The maximum atomic E-state index is 13.7. The van der Waals surface area contributed by atoms with Gasteiger partial charge in [0.15, 0.2) is 0 Å². The molecule has 0 saturated carbocycles. The van der Waals surface area contributed by atoms with Crippen LogP contribution in [0.3, 0.4) is 0 Å². The van der Waals surface area contributed by atoms with E-state index in [2.05, 4.69) is 18.2 Å². The first-order chi connectivity index (χ1) is 11.7. The van der Waals surface area contributed by atoms with Crippen LogP contribution < -0.4 is 0 Å². The summed E-state index contributed by atoms with van der Waals surface area (Å²) in [6.45, 7) is 0. The lowest BCUT2D eigenvalue weighted by Crippen LogP contribution is -1.93. The van der Waals surface area contributed by atoms with Gasteiger partial charge >= 0.3 is 0 Å². The van der Waals surface area contributed by atoms with Gasteiger partial charge in [0.2, 0.25) is 0 Å². The zero-order chi connectivity index (χ0) is 16.5. The second-order valence-electron chi connectivity index (χ2n) is 6.11. The fraction of sp³-hybridized carbons (Fsp3) is 0.0909. The molecule has 0 aromatic heterocycles. The van der Waals surface area contributed by atoms with Crippen LogP contribution in [0.2, 0.25) is 0 Å². The molecule has 2 heteroatoms. The minimum absolute atomic E-state index is 0.198. The Bertz CT molecular complexity index is 940. The van der Waals surface area contributed by atoms with Gasteiger partial charge in [0.1, 0.15) is 11.6 Å². The van der Waals surface area contributed by atoms with Gasteiger partial charge in [-0.2, -0.15) is 0 Å². The van der Waals surface area contributed by atoms with Gasteiger partial charge in [-0.25, -0.2) is 4.39 Å². The summed E-state index contributed by atoms with van der Waals surface area (Å²) < 4.78 is 13.7. The SMILES string of the molecule is Oc1cccc(/C=C2\c3ccccc3CCc3cc(F)ccc32)c1. The Morgan fingerprint density at radius 3 is 2.46 bits per heavy atom. The lowest BCUT2D eigenvalue weighted by Gasteiger charge is -2.12. The Labute approximate surface area is 140 Å². The normalized spacial score (nSPS) is 14.8. The van der Waals surface area contributed by atoms with Gasteiger partial charge in [0, 0.05) is 0 Å². The molecule has 0 heterocycles. The predicted molar refractivity (Wildman–Crippen MR) is 95.3 cm³/mol. The molecule has 3 aromatic rings. The third-order valence-electron chi connectivity index (χ3n) is 4.51. The molecule has 0 fully saturated rings. The van der Waals surface area contributed by atoms with Crippen LogP contribution in [0.1, 0.15) is 27.8 Å². The summed E-state index contributed by atoms with van der Waals surface area (Å²) in [6.07, 6.45) is 3.78. The molecule has 0 aliphatic heterocycles. The van der Waals surface area contributed by atoms with Crippen LogP contribution in [0.4, 0.5) is 4.39 Å². The molecular formula is C22H17FO. The molecule has 118 valence electrons. The molecule has 0 bridgehead atoms. The Morgan fingerprint density at radius 1 is 0.792 bits per heavy atom. The molecule has 0 spiro atoms. The van der Waals surface area contributed by atoms with E-state index in [0.717, 1.165) is 35.1 Å². The summed E-state index contributed by atoms with van der Waals surface area (Å²) in [5.41, 5.74) is 6.52. The van der Waals surface area contributed by atoms with E-state index in [9.17, 15) is 9.50 Å². The number of phenols is 1. The molecule has 1 aliphatic carbocycles. The Morgan fingerprint density at radius 2 is 1.58 bits per heavy atom. The van der Waals surface area contributed by atoms with Gasteiger partial charge < -0.3 is 5.11 Å². The first kappa shape index (κ1) is 14.7. The van der Waals surface area contributed by atoms with Crippen molar-refractivity contribution in [1.82, 2.24) is 0 Å². The minimum Gasteiger partial charge on any atom is -0.508 e. The second kappa shape index (κ2) is 5.97. The van der Waals surface area contributed by atoms with Crippen LogP contribution in [-0.2, 0) is 12.8 Å². The van der Waals surface area contributed by atoms with Gasteiger partial charge in [0.05, 0.1) is 0 Å². The van der Waals surface area contributed by atoms with E-state index in [4.69, 9.17) is 0 Å². The van der Waals surface area contributed by atoms with Crippen LogP contribution >= 0.6 is 0 Å². The van der Waals surface area contributed by atoms with E-state index in [1.165, 1.54) is 17.2 Å². The van der Waals surface area contributed by atoms with Gasteiger partial charge in [-0.05, 0) is 76.6 Å². The minimum atomic E-state index is -0.198. The Hall–Kier alpha value is -2.87. The van der Waals surface area contributed by atoms with E-state index < -0.39 is 0 Å². The van der Waals surface area contributed by atoms with Gasteiger partial charge in [0.25, 0.3) is 0 Å². The second-order valence-corrected chi connectivity index (χ2v) is 6.11. The van der Waals surface area contributed by atoms with Crippen molar-refractivity contribution in [2.45, 2.75) is 12.8 Å². The van der Waals surface area contributed by atoms with E-state index >= 15 is 0 Å². The average molecular weight is 316 g/mol. The van der Waals surface area contributed by atoms with Gasteiger partial charge in [-0.1, -0.05) is 42.5 Å². The van der Waals surface area contributed by atoms with E-state index in [1.54, 1.807) is 18.2 Å². The first-order valence-corrected chi connectivity index (χ1v) is 8.08. The van der Waals surface area contributed by atoms with Crippen molar-refractivity contribution in [3.05, 3.63) is 100 Å². The lowest BCUT2D eigenvalue weighted by molar-refractivity contribution is 0.475. The molecule has 4 rings (SSSR count). The standard InChI is InChI=1S/C22H17FO/c23-18-10-11-21-17(14-18)9-8-16-5-1-2-7-20(16)22(21)13-15-4-3-6-19(24)12-15/h1-7,10-14,24H,8-9H2/b22-13+. The van der Waals surface area contributed by atoms with Gasteiger partial charge in [-0.3, -0.25) is 0 Å². The molecule has 1 aliphatic rings. The van der Waals surface area contributed by atoms with Crippen molar-refractivity contribution in [1.29, 1.82) is 0 Å². The maximum absolute atomic E-state index is 13.7. The fourth-order valence-electron chi connectivity index (χ4n) is 3.38. The number of halogens is 1. The number of hydrogen-bond acceptors (Lipinski definition) is 1. The molecule has 0 unspecified atom stereocenters. The van der Waals surface area contributed by atoms with Crippen LogP contribution in [0.25, 0.3) is 11.6 Å². The smallest absolute Gasteiger partial charge is 0.123 e. The topological polar surface area (TPSA) is 20.2 Å². The summed E-state index contributed by atoms with van der Waals surface area (Å²) >= 11 is 0. The van der Waals surface area contributed by atoms with Crippen LogP contribution in [0.5, 0.6) is 5.75 Å². The van der Waals surface area contributed by atoms with Crippen molar-refractivity contribution in [2.24, 2.45) is 0 Å². The number of aromatic hydroxyl groups is 1. The largest absolute Gasteiger partial charge is 0.508 e. The van der Waals surface area contributed by atoms with E-state index in [-0.39, 0.29) is 11.6 Å². The first-order valence-electron chi connectivity index (χ1n) is 8.08.